The third-order valence-electron chi connectivity index (χ3n) is 3.75. The quantitative estimate of drug-likeness (QED) is 0.768. The van der Waals surface area contributed by atoms with Crippen LogP contribution in [0.3, 0.4) is 0 Å². The Hall–Kier alpha value is -2.57. The Morgan fingerprint density at radius 3 is 2.71 bits per heavy atom. The summed E-state index contributed by atoms with van der Waals surface area (Å²) >= 11 is 0. The highest BCUT2D eigenvalue weighted by atomic mass is 16.5. The molecule has 7 nitrogen and oxygen atoms in total. The largest absolute Gasteiger partial charge is 0.492 e. The van der Waals surface area contributed by atoms with Gasteiger partial charge in [-0.3, -0.25) is 14.4 Å². The lowest BCUT2D eigenvalue weighted by molar-refractivity contribution is -0.128. The number of carbonyl (C=O) groups is 3. The Labute approximate surface area is 141 Å². The number of carbonyl (C=O) groups excluding carboxylic acids is 3. The summed E-state index contributed by atoms with van der Waals surface area (Å²) in [5.74, 6) is -0.502. The molecule has 1 fully saturated rings. The van der Waals surface area contributed by atoms with Crippen molar-refractivity contribution in [2.45, 2.75) is 20.3 Å². The van der Waals surface area contributed by atoms with Gasteiger partial charge in [0.2, 0.25) is 17.7 Å². The molecular weight excluding hydrogens is 310 g/mol. The van der Waals surface area contributed by atoms with E-state index in [0.717, 1.165) is 0 Å². The molecule has 24 heavy (non-hydrogen) atoms. The van der Waals surface area contributed by atoms with Crippen LogP contribution in [0.25, 0.3) is 0 Å². The van der Waals surface area contributed by atoms with Crippen LogP contribution < -0.4 is 20.3 Å². The second-order valence-electron chi connectivity index (χ2n) is 5.48. The molecule has 7 heteroatoms. The highest BCUT2D eigenvalue weighted by Gasteiger charge is 2.36. The third-order valence-corrected chi connectivity index (χ3v) is 3.75. The van der Waals surface area contributed by atoms with E-state index in [4.69, 9.17) is 4.74 Å². The van der Waals surface area contributed by atoms with E-state index in [1.54, 1.807) is 17.0 Å². The molecular formula is C17H23N3O4. The number of hydrogen-bond acceptors (Lipinski definition) is 4. The number of para-hydroxylation sites is 2. The molecule has 1 heterocycles. The van der Waals surface area contributed by atoms with Gasteiger partial charge in [0.15, 0.2) is 0 Å². The molecule has 1 saturated heterocycles. The Bertz CT molecular complexity index is 618. The van der Waals surface area contributed by atoms with Crippen molar-refractivity contribution in [2.75, 3.05) is 31.1 Å². The summed E-state index contributed by atoms with van der Waals surface area (Å²) in [7, 11) is 0. The van der Waals surface area contributed by atoms with Gasteiger partial charge < -0.3 is 20.3 Å². The Morgan fingerprint density at radius 1 is 1.25 bits per heavy atom. The molecule has 0 aliphatic carbocycles. The fourth-order valence-corrected chi connectivity index (χ4v) is 2.65. The van der Waals surface area contributed by atoms with Gasteiger partial charge in [0.05, 0.1) is 24.8 Å². The molecule has 0 spiro atoms. The van der Waals surface area contributed by atoms with E-state index in [1.165, 1.54) is 0 Å². The second kappa shape index (κ2) is 8.33. The van der Waals surface area contributed by atoms with Crippen LogP contribution >= 0.6 is 0 Å². The smallest absolute Gasteiger partial charge is 0.239 e. The minimum absolute atomic E-state index is 0.0765. The van der Waals surface area contributed by atoms with E-state index < -0.39 is 5.92 Å². The van der Waals surface area contributed by atoms with Gasteiger partial charge in [0.25, 0.3) is 0 Å². The van der Waals surface area contributed by atoms with Crippen LogP contribution in [0, 0.1) is 5.92 Å². The number of hydrogen-bond donors (Lipinski definition) is 2. The van der Waals surface area contributed by atoms with Crippen LogP contribution in [-0.2, 0) is 14.4 Å². The first-order chi connectivity index (χ1) is 11.6. The predicted octanol–water partition coefficient (Wildman–Crippen LogP) is 0.691. The molecule has 1 aromatic rings. The van der Waals surface area contributed by atoms with Crippen LogP contribution in [0.5, 0.6) is 5.75 Å². The van der Waals surface area contributed by atoms with Gasteiger partial charge in [-0.05, 0) is 26.0 Å². The summed E-state index contributed by atoms with van der Waals surface area (Å²) < 4.78 is 5.55. The van der Waals surface area contributed by atoms with Crippen LogP contribution in [0.15, 0.2) is 24.3 Å². The number of nitrogens with one attached hydrogen (secondary N) is 2. The minimum Gasteiger partial charge on any atom is -0.492 e. The Kier molecular flexibility index (Phi) is 6.17. The van der Waals surface area contributed by atoms with E-state index in [2.05, 4.69) is 10.6 Å². The summed E-state index contributed by atoms with van der Waals surface area (Å²) in [5.41, 5.74) is 0.670. The molecule has 3 amide bonds. The van der Waals surface area contributed by atoms with Crippen LogP contribution in [-0.4, -0.2) is 44.0 Å². The van der Waals surface area contributed by atoms with Gasteiger partial charge >= 0.3 is 0 Å². The summed E-state index contributed by atoms with van der Waals surface area (Å²) in [5, 5.41) is 5.19. The summed E-state index contributed by atoms with van der Waals surface area (Å²) in [4.78, 5) is 37.5. The van der Waals surface area contributed by atoms with Gasteiger partial charge in [-0.2, -0.15) is 0 Å². The van der Waals surface area contributed by atoms with Crippen molar-refractivity contribution < 1.29 is 19.1 Å². The van der Waals surface area contributed by atoms with Crippen molar-refractivity contribution in [2.24, 2.45) is 5.92 Å². The Morgan fingerprint density at radius 2 is 2.00 bits per heavy atom. The first-order valence-corrected chi connectivity index (χ1v) is 8.13. The maximum atomic E-state index is 12.3. The normalized spacial score (nSPS) is 16.8. The van der Waals surface area contributed by atoms with Crippen LogP contribution in [0.4, 0.5) is 5.69 Å². The third kappa shape index (κ3) is 4.24. The van der Waals surface area contributed by atoms with Crippen molar-refractivity contribution >= 4 is 23.4 Å². The van der Waals surface area contributed by atoms with Gasteiger partial charge in [0.1, 0.15) is 5.75 Å². The molecule has 1 aliphatic rings. The van der Waals surface area contributed by atoms with E-state index in [1.807, 2.05) is 26.0 Å². The molecule has 1 atom stereocenters. The SMILES string of the molecule is CCNC(=O)CNC(=O)[C@@H]1CC(=O)N(c2ccccc2OCC)C1. The van der Waals surface area contributed by atoms with E-state index in [-0.39, 0.29) is 37.2 Å². The van der Waals surface area contributed by atoms with Gasteiger partial charge in [0, 0.05) is 19.5 Å². The zero-order valence-corrected chi connectivity index (χ0v) is 14.0. The molecule has 0 unspecified atom stereocenters. The van der Waals surface area contributed by atoms with Gasteiger partial charge in [-0.1, -0.05) is 12.1 Å². The first-order valence-electron chi connectivity index (χ1n) is 8.13. The van der Waals surface area contributed by atoms with Crippen molar-refractivity contribution in [3.63, 3.8) is 0 Å². The Balaban J connectivity index is 2.00. The fraction of sp³-hybridized carbons (Fsp3) is 0.471. The maximum absolute atomic E-state index is 12.3. The summed E-state index contributed by atoms with van der Waals surface area (Å²) in [6, 6.07) is 7.27. The lowest BCUT2D eigenvalue weighted by Crippen LogP contribution is -2.40. The lowest BCUT2D eigenvalue weighted by Gasteiger charge is -2.20. The minimum atomic E-state index is -0.471. The highest BCUT2D eigenvalue weighted by molar-refractivity contribution is 6.01. The maximum Gasteiger partial charge on any atom is 0.239 e. The fourth-order valence-electron chi connectivity index (χ4n) is 2.65. The average Bonchev–Trinajstić information content (AvgIpc) is 2.95. The van der Waals surface area contributed by atoms with Crippen molar-refractivity contribution in [3.8, 4) is 5.75 Å². The lowest BCUT2D eigenvalue weighted by atomic mass is 10.1. The topological polar surface area (TPSA) is 87.7 Å². The van der Waals surface area contributed by atoms with Crippen molar-refractivity contribution in [1.82, 2.24) is 10.6 Å². The first kappa shape index (κ1) is 17.8. The summed E-state index contributed by atoms with van der Waals surface area (Å²) in [6.07, 6.45) is 0.127. The van der Waals surface area contributed by atoms with Crippen LogP contribution in [0.1, 0.15) is 20.3 Å². The average molecular weight is 333 g/mol. The van der Waals surface area contributed by atoms with Crippen LogP contribution in [0.2, 0.25) is 0 Å². The van der Waals surface area contributed by atoms with E-state index in [9.17, 15) is 14.4 Å². The molecule has 2 N–H and O–H groups in total. The summed E-state index contributed by atoms with van der Waals surface area (Å²) in [6.45, 7) is 4.90. The monoisotopic (exact) mass is 333 g/mol. The van der Waals surface area contributed by atoms with Crippen molar-refractivity contribution in [1.29, 1.82) is 0 Å². The standard InChI is InChI=1S/C17H23N3O4/c1-3-18-15(21)10-19-17(23)12-9-16(22)20(11-12)13-7-5-6-8-14(13)24-4-2/h5-8,12H,3-4,9-11H2,1-2H3,(H,18,21)(H,19,23)/t12-/m1/s1. The molecule has 0 radical (unpaired) electrons. The number of rotatable bonds is 7. The number of anilines is 1. The van der Waals surface area contributed by atoms with Gasteiger partial charge in [-0.25, -0.2) is 0 Å². The number of amides is 3. The number of benzene rings is 1. The van der Waals surface area contributed by atoms with Crippen molar-refractivity contribution in [3.05, 3.63) is 24.3 Å². The zero-order chi connectivity index (χ0) is 17.5. The predicted molar refractivity (Wildman–Crippen MR) is 89.8 cm³/mol. The molecule has 0 aromatic heterocycles. The zero-order valence-electron chi connectivity index (χ0n) is 14.0. The molecule has 130 valence electrons. The number of ether oxygens (including phenoxy) is 1. The molecule has 0 saturated carbocycles. The molecule has 1 aliphatic heterocycles. The van der Waals surface area contributed by atoms with E-state index >= 15 is 0 Å². The molecule has 1 aromatic carbocycles. The second-order valence-corrected chi connectivity index (χ2v) is 5.48. The number of likely N-dealkylation sites (N-methyl/N-ethyl adjacent to an activating group) is 1. The van der Waals surface area contributed by atoms with Gasteiger partial charge in [-0.15, -0.1) is 0 Å². The number of nitrogens with zero attached hydrogens (tertiary/aromatic N) is 1. The molecule has 2 rings (SSSR count). The highest BCUT2D eigenvalue weighted by Crippen LogP contribution is 2.33. The van der Waals surface area contributed by atoms with E-state index in [0.29, 0.717) is 24.6 Å². The molecule has 0 bridgehead atoms.